The number of ether oxygens (including phenoxy) is 1. The van der Waals surface area contributed by atoms with Gasteiger partial charge in [-0.1, -0.05) is 66.7 Å². The number of hydrogen-bond donors (Lipinski definition) is 1. The molecular weight excluding hydrogens is 518 g/mol. The summed E-state index contributed by atoms with van der Waals surface area (Å²) in [6, 6.07) is 26.3. The molecular formula is C37H35N3O2. The van der Waals surface area contributed by atoms with E-state index in [1.165, 1.54) is 62.7 Å². The third-order valence-electron chi connectivity index (χ3n) is 11.3. The Kier molecular flexibility index (Phi) is 5.29. The normalized spacial score (nSPS) is 26.9. The Balaban J connectivity index is 0.958. The van der Waals surface area contributed by atoms with Gasteiger partial charge in [-0.2, -0.15) is 0 Å². The van der Waals surface area contributed by atoms with Gasteiger partial charge in [0.25, 0.3) is 0 Å². The summed E-state index contributed by atoms with van der Waals surface area (Å²) in [7, 11) is 0. The highest BCUT2D eigenvalue weighted by Gasteiger charge is 2.54. The predicted octanol–water partition coefficient (Wildman–Crippen LogP) is 7.96. The molecule has 1 aromatic heterocycles. The molecule has 2 saturated carbocycles. The number of benzene rings is 5. The highest BCUT2D eigenvalue weighted by atomic mass is 16.5. The van der Waals surface area contributed by atoms with Crippen molar-refractivity contribution < 1.29 is 9.84 Å². The summed E-state index contributed by atoms with van der Waals surface area (Å²) in [6.07, 6.45) is 8.68. The van der Waals surface area contributed by atoms with E-state index < -0.39 is 0 Å². The Labute approximate surface area is 245 Å². The molecule has 210 valence electrons. The first-order valence-corrected chi connectivity index (χ1v) is 15.6. The van der Waals surface area contributed by atoms with Gasteiger partial charge in [0.15, 0.2) is 0 Å². The first kappa shape index (κ1) is 24.6. The minimum atomic E-state index is -0.118. The topological polar surface area (TPSA) is 60.2 Å². The van der Waals surface area contributed by atoms with Crippen LogP contribution in [0.3, 0.4) is 0 Å². The minimum absolute atomic E-state index is 0.118. The first-order valence-electron chi connectivity index (χ1n) is 15.6. The second kappa shape index (κ2) is 9.02. The van der Waals surface area contributed by atoms with Gasteiger partial charge >= 0.3 is 0 Å². The van der Waals surface area contributed by atoms with E-state index in [0.29, 0.717) is 24.4 Å². The molecule has 5 atom stereocenters. The van der Waals surface area contributed by atoms with Gasteiger partial charge in [0.1, 0.15) is 18.1 Å². The van der Waals surface area contributed by atoms with E-state index in [1.807, 2.05) is 10.9 Å². The molecule has 0 radical (unpaired) electrons. The van der Waals surface area contributed by atoms with Crippen LogP contribution in [0.1, 0.15) is 61.8 Å². The first-order chi connectivity index (χ1) is 20.6. The zero-order valence-electron chi connectivity index (χ0n) is 24.0. The van der Waals surface area contributed by atoms with E-state index in [1.54, 1.807) is 0 Å². The van der Waals surface area contributed by atoms with Gasteiger partial charge < -0.3 is 9.84 Å². The van der Waals surface area contributed by atoms with Crippen LogP contribution in [0, 0.1) is 17.3 Å². The van der Waals surface area contributed by atoms with Gasteiger partial charge in [0.2, 0.25) is 0 Å². The van der Waals surface area contributed by atoms with Crippen molar-refractivity contribution in [2.45, 2.75) is 64.1 Å². The van der Waals surface area contributed by atoms with E-state index in [2.05, 4.69) is 90.0 Å². The molecule has 5 aromatic carbocycles. The van der Waals surface area contributed by atoms with Crippen molar-refractivity contribution in [1.82, 2.24) is 15.0 Å². The molecule has 2 fully saturated rings. The lowest BCUT2D eigenvalue weighted by Crippen LogP contribution is -2.43. The maximum Gasteiger partial charge on any atom is 0.134 e. The second-order valence-electron chi connectivity index (χ2n) is 13.3. The highest BCUT2D eigenvalue weighted by molar-refractivity contribution is 6.24. The third kappa shape index (κ3) is 3.53. The van der Waals surface area contributed by atoms with Gasteiger partial charge in [-0.15, -0.1) is 5.10 Å². The van der Waals surface area contributed by atoms with Crippen molar-refractivity contribution in [3.05, 3.63) is 95.8 Å². The fourth-order valence-electron chi connectivity index (χ4n) is 9.18. The van der Waals surface area contributed by atoms with Crippen LogP contribution in [0.15, 0.2) is 79.0 Å². The zero-order chi connectivity index (χ0) is 28.0. The molecule has 0 unspecified atom stereocenters. The third-order valence-corrected chi connectivity index (χ3v) is 11.3. The second-order valence-corrected chi connectivity index (χ2v) is 13.3. The molecule has 6 aromatic rings. The van der Waals surface area contributed by atoms with Crippen LogP contribution in [0.5, 0.6) is 5.75 Å². The Morgan fingerprint density at radius 2 is 1.71 bits per heavy atom. The minimum Gasteiger partial charge on any atom is -0.487 e. The van der Waals surface area contributed by atoms with Gasteiger partial charge in [-0.25, -0.2) is 4.68 Å². The number of aryl methyl sites for hydroxylation is 1. The molecule has 0 spiro atoms. The predicted molar refractivity (Wildman–Crippen MR) is 166 cm³/mol. The maximum absolute atomic E-state index is 10.7. The number of rotatable bonds is 4. The lowest BCUT2D eigenvalue weighted by atomic mass is 9.55. The van der Waals surface area contributed by atoms with E-state index >= 15 is 0 Å². The fraction of sp³-hybridized carbons (Fsp3) is 0.351. The van der Waals surface area contributed by atoms with Crippen LogP contribution >= 0.6 is 0 Å². The number of aliphatic hydroxyl groups excluding tert-OH is 1. The molecule has 0 aliphatic heterocycles. The van der Waals surface area contributed by atoms with Crippen LogP contribution in [0.4, 0.5) is 0 Å². The van der Waals surface area contributed by atoms with Gasteiger partial charge in [-0.3, -0.25) is 0 Å². The maximum atomic E-state index is 10.7. The molecule has 5 heteroatoms. The average molecular weight is 554 g/mol. The zero-order valence-corrected chi connectivity index (χ0v) is 24.0. The van der Waals surface area contributed by atoms with Crippen LogP contribution < -0.4 is 4.74 Å². The van der Waals surface area contributed by atoms with Crippen molar-refractivity contribution in [2.75, 3.05) is 0 Å². The number of aromatic nitrogens is 3. The van der Waals surface area contributed by atoms with Crippen LogP contribution in [0.2, 0.25) is 0 Å². The highest BCUT2D eigenvalue weighted by Crippen LogP contribution is 2.61. The molecule has 0 bridgehead atoms. The van der Waals surface area contributed by atoms with E-state index in [-0.39, 0.29) is 11.5 Å². The number of aliphatic hydroxyl groups is 1. The van der Waals surface area contributed by atoms with Crippen molar-refractivity contribution in [2.24, 2.45) is 17.3 Å². The Bertz CT molecular complexity index is 1960. The summed E-state index contributed by atoms with van der Waals surface area (Å²) in [5.41, 5.74) is 4.91. The van der Waals surface area contributed by atoms with Crippen molar-refractivity contribution in [3.63, 3.8) is 0 Å². The molecule has 3 aliphatic rings. The fourth-order valence-corrected chi connectivity index (χ4v) is 9.18. The molecule has 1 heterocycles. The Morgan fingerprint density at radius 1 is 0.905 bits per heavy atom. The number of nitrogens with zero attached hydrogens (tertiary/aromatic N) is 3. The van der Waals surface area contributed by atoms with E-state index in [0.717, 1.165) is 36.4 Å². The monoisotopic (exact) mass is 553 g/mol. The molecule has 0 amide bonds. The summed E-state index contributed by atoms with van der Waals surface area (Å²) in [6.45, 7) is 2.73. The average Bonchev–Trinajstić information content (AvgIpc) is 3.62. The van der Waals surface area contributed by atoms with Crippen molar-refractivity contribution in [1.29, 1.82) is 0 Å². The largest absolute Gasteiger partial charge is 0.487 e. The molecule has 9 rings (SSSR count). The van der Waals surface area contributed by atoms with Crippen molar-refractivity contribution >= 4 is 32.3 Å². The SMILES string of the molecule is C[C@]12CC[C@@H]3c4ccc(OCc5cn(-c6ccc7ccc8cccc9ccc6c7c89)nn5)cc4CC[C@H]3[C@@H]1CC[C@@H]2O. The molecule has 0 saturated heterocycles. The van der Waals surface area contributed by atoms with Crippen LogP contribution in [0.25, 0.3) is 38.0 Å². The molecule has 42 heavy (non-hydrogen) atoms. The summed E-state index contributed by atoms with van der Waals surface area (Å²) in [5, 5.41) is 27.2. The number of fused-ring (bicyclic) bond motifs is 5. The molecule has 3 aliphatic carbocycles. The van der Waals surface area contributed by atoms with Gasteiger partial charge in [0.05, 0.1) is 18.0 Å². The van der Waals surface area contributed by atoms with Crippen LogP contribution in [-0.2, 0) is 13.0 Å². The van der Waals surface area contributed by atoms with Crippen LogP contribution in [-0.4, -0.2) is 26.2 Å². The van der Waals surface area contributed by atoms with Gasteiger partial charge in [-0.05, 0) is 118 Å². The lowest BCUT2D eigenvalue weighted by molar-refractivity contribution is -0.0226. The summed E-state index contributed by atoms with van der Waals surface area (Å²) >= 11 is 0. The van der Waals surface area contributed by atoms with Gasteiger partial charge in [0, 0.05) is 5.39 Å². The standard InChI is InChI=1S/C37H35N3O2/c1-37-18-17-29-28-13-10-27(19-25(28)8-11-30(29)32(37)14-16-34(37)41)42-21-26-20-40(39-38-26)33-15-9-24-6-5-22-3-2-4-23-7-12-31(33)36(24)35(22)23/h2-7,9-10,12-13,15,19-20,29-30,32,34,41H,8,11,14,16-18,21H2,1H3/t29-,30-,32+,34+,37+/m1/s1. The smallest absolute Gasteiger partial charge is 0.134 e. The summed E-state index contributed by atoms with van der Waals surface area (Å²) in [5.74, 6) is 2.89. The molecule has 5 nitrogen and oxygen atoms in total. The molecule has 1 N–H and O–H groups in total. The number of hydrogen-bond acceptors (Lipinski definition) is 4. The summed E-state index contributed by atoms with van der Waals surface area (Å²) < 4.78 is 8.16. The van der Waals surface area contributed by atoms with Crippen molar-refractivity contribution in [3.8, 4) is 11.4 Å². The summed E-state index contributed by atoms with van der Waals surface area (Å²) in [4.78, 5) is 0. The Hall–Kier alpha value is -3.96. The lowest BCUT2D eigenvalue weighted by Gasteiger charge is -2.50. The quantitative estimate of drug-likeness (QED) is 0.225. The Morgan fingerprint density at radius 3 is 2.60 bits per heavy atom. The van der Waals surface area contributed by atoms with E-state index in [4.69, 9.17) is 4.74 Å². The van der Waals surface area contributed by atoms with E-state index in [9.17, 15) is 5.11 Å².